The number of nitrogens with one attached hydrogen (secondary N) is 1. The van der Waals surface area contributed by atoms with E-state index in [0.717, 1.165) is 42.3 Å². The predicted molar refractivity (Wildman–Crippen MR) is 96.6 cm³/mol. The molecular weight excluding hydrogens is 372 g/mol. The van der Waals surface area contributed by atoms with Crippen LogP contribution in [0.15, 0.2) is 24.4 Å². The van der Waals surface area contributed by atoms with Crippen molar-refractivity contribution in [2.75, 3.05) is 19.0 Å². The Morgan fingerprint density at radius 3 is 2.74 bits per heavy atom. The first-order valence-electron chi connectivity index (χ1n) is 8.39. The zero-order chi connectivity index (χ0) is 19.4. The van der Waals surface area contributed by atoms with E-state index in [4.69, 9.17) is 9.47 Å². The van der Waals surface area contributed by atoms with E-state index in [2.05, 4.69) is 5.32 Å². The number of pyridine rings is 1. The Labute approximate surface area is 159 Å². The number of methoxy groups -OCH3 is 1. The molecule has 0 bridgehead atoms. The molecule has 2 aromatic heterocycles. The van der Waals surface area contributed by atoms with Crippen molar-refractivity contribution < 1.29 is 28.6 Å². The van der Waals surface area contributed by atoms with E-state index in [1.54, 1.807) is 0 Å². The first-order valence-corrected chi connectivity index (χ1v) is 9.21. The molecule has 9 heteroatoms. The van der Waals surface area contributed by atoms with Crippen LogP contribution in [0.1, 0.15) is 44.1 Å². The quantitative estimate of drug-likeness (QED) is 0.474. The van der Waals surface area contributed by atoms with E-state index >= 15 is 0 Å². The maximum absolute atomic E-state index is 12.2. The number of fused-ring (bicyclic) bond motifs is 1. The van der Waals surface area contributed by atoms with Gasteiger partial charge >= 0.3 is 17.6 Å². The third-order valence-corrected chi connectivity index (χ3v) is 5.39. The van der Waals surface area contributed by atoms with E-state index in [0.29, 0.717) is 15.3 Å². The van der Waals surface area contributed by atoms with Gasteiger partial charge in [-0.25, -0.2) is 9.59 Å². The topological polar surface area (TPSA) is 109 Å². The maximum atomic E-state index is 12.2. The number of rotatable bonds is 5. The SMILES string of the molecule is COC(=O)c1c(NC(=O)COC(=O)c2cccc[n+]2[O-])sc2c1CCCC2. The number of esters is 2. The molecular formula is C18H18N2O6S. The Kier molecular flexibility index (Phi) is 5.70. The molecule has 2 aromatic rings. The van der Waals surface area contributed by atoms with Crippen molar-refractivity contribution in [2.24, 2.45) is 0 Å². The van der Waals surface area contributed by atoms with Crippen LogP contribution in [0.2, 0.25) is 0 Å². The van der Waals surface area contributed by atoms with Gasteiger partial charge in [0.15, 0.2) is 12.8 Å². The minimum Gasteiger partial charge on any atom is -0.618 e. The summed E-state index contributed by atoms with van der Waals surface area (Å²) in [5.74, 6) is -2.00. The summed E-state index contributed by atoms with van der Waals surface area (Å²) in [5.41, 5.74) is 1.08. The van der Waals surface area contributed by atoms with Gasteiger partial charge in [0.25, 0.3) is 5.91 Å². The number of anilines is 1. The Hall–Kier alpha value is -2.94. The summed E-state index contributed by atoms with van der Waals surface area (Å²) in [7, 11) is 1.29. The fraction of sp³-hybridized carbons (Fsp3) is 0.333. The molecule has 142 valence electrons. The molecule has 1 aliphatic carbocycles. The Bertz CT molecular complexity index is 892. The molecule has 0 saturated heterocycles. The zero-order valence-electron chi connectivity index (χ0n) is 14.6. The highest BCUT2D eigenvalue weighted by molar-refractivity contribution is 7.17. The largest absolute Gasteiger partial charge is 0.618 e. The average Bonchev–Trinajstić information content (AvgIpc) is 3.03. The Balaban J connectivity index is 1.69. The minimum absolute atomic E-state index is 0.216. The van der Waals surface area contributed by atoms with Gasteiger partial charge in [-0.05, 0) is 37.3 Å². The number of thiophene rings is 1. The number of ether oxygens (including phenoxy) is 2. The average molecular weight is 390 g/mol. The van der Waals surface area contributed by atoms with E-state index in [1.807, 2.05) is 0 Å². The van der Waals surface area contributed by atoms with Crippen LogP contribution in [0.25, 0.3) is 0 Å². The van der Waals surface area contributed by atoms with Crippen LogP contribution in [0.3, 0.4) is 0 Å². The lowest BCUT2D eigenvalue weighted by Gasteiger charge is -2.11. The molecule has 1 N–H and O–H groups in total. The molecule has 0 aliphatic heterocycles. The van der Waals surface area contributed by atoms with Crippen molar-refractivity contribution in [3.05, 3.63) is 51.3 Å². The number of hydrogen-bond donors (Lipinski definition) is 1. The van der Waals surface area contributed by atoms with Gasteiger partial charge in [0.05, 0.1) is 12.7 Å². The van der Waals surface area contributed by atoms with Crippen molar-refractivity contribution in [1.29, 1.82) is 0 Å². The second-order valence-electron chi connectivity index (χ2n) is 5.94. The van der Waals surface area contributed by atoms with Crippen molar-refractivity contribution in [3.8, 4) is 0 Å². The van der Waals surface area contributed by atoms with Crippen molar-refractivity contribution in [3.63, 3.8) is 0 Å². The fourth-order valence-electron chi connectivity index (χ4n) is 2.93. The third-order valence-electron chi connectivity index (χ3n) is 4.18. The van der Waals surface area contributed by atoms with E-state index in [9.17, 15) is 19.6 Å². The summed E-state index contributed by atoms with van der Waals surface area (Å²) in [6.07, 6.45) is 4.79. The van der Waals surface area contributed by atoms with Gasteiger partial charge in [-0.2, -0.15) is 4.73 Å². The maximum Gasteiger partial charge on any atom is 0.405 e. The van der Waals surface area contributed by atoms with Gasteiger partial charge in [0.1, 0.15) is 5.00 Å². The van der Waals surface area contributed by atoms with Crippen molar-refractivity contribution in [2.45, 2.75) is 25.7 Å². The summed E-state index contributed by atoms with van der Waals surface area (Å²) in [6, 6.07) is 4.29. The number of amides is 1. The molecule has 0 atom stereocenters. The lowest BCUT2D eigenvalue weighted by atomic mass is 9.95. The van der Waals surface area contributed by atoms with Crippen LogP contribution in [0, 0.1) is 5.21 Å². The van der Waals surface area contributed by atoms with Crippen molar-refractivity contribution >= 4 is 34.2 Å². The number of aryl methyl sites for hydroxylation is 1. The number of nitrogens with zero attached hydrogens (tertiary/aromatic N) is 1. The molecule has 27 heavy (non-hydrogen) atoms. The van der Waals surface area contributed by atoms with Gasteiger partial charge in [-0.15, -0.1) is 11.3 Å². The van der Waals surface area contributed by atoms with Gasteiger partial charge in [-0.3, -0.25) is 4.79 Å². The van der Waals surface area contributed by atoms with E-state index in [-0.39, 0.29) is 5.69 Å². The predicted octanol–water partition coefficient (Wildman–Crippen LogP) is 1.84. The third kappa shape index (κ3) is 4.08. The monoisotopic (exact) mass is 390 g/mol. The second kappa shape index (κ2) is 8.17. The molecule has 8 nitrogen and oxygen atoms in total. The normalized spacial score (nSPS) is 12.8. The summed E-state index contributed by atoms with van der Waals surface area (Å²) in [5, 5.41) is 14.5. The number of carbonyl (C=O) groups is 3. The summed E-state index contributed by atoms with van der Waals surface area (Å²) in [6.45, 7) is -0.573. The van der Waals surface area contributed by atoms with Crippen LogP contribution >= 0.6 is 11.3 Å². The van der Waals surface area contributed by atoms with Crippen LogP contribution in [0.4, 0.5) is 5.00 Å². The van der Waals surface area contributed by atoms with E-state index in [1.165, 1.54) is 36.6 Å². The summed E-state index contributed by atoms with van der Waals surface area (Å²) >= 11 is 1.34. The smallest absolute Gasteiger partial charge is 0.405 e. The highest BCUT2D eigenvalue weighted by Gasteiger charge is 2.27. The molecule has 1 amide bonds. The molecule has 0 radical (unpaired) electrons. The fourth-order valence-corrected chi connectivity index (χ4v) is 4.22. The van der Waals surface area contributed by atoms with Gasteiger partial charge in [0.2, 0.25) is 0 Å². The van der Waals surface area contributed by atoms with Crippen LogP contribution < -0.4 is 10.0 Å². The molecule has 0 saturated carbocycles. The zero-order valence-corrected chi connectivity index (χ0v) is 15.5. The highest BCUT2D eigenvalue weighted by atomic mass is 32.1. The van der Waals surface area contributed by atoms with Crippen LogP contribution in [-0.2, 0) is 27.1 Å². The Morgan fingerprint density at radius 1 is 1.22 bits per heavy atom. The van der Waals surface area contributed by atoms with Crippen LogP contribution in [0.5, 0.6) is 0 Å². The first kappa shape index (κ1) is 18.8. The molecule has 3 rings (SSSR count). The van der Waals surface area contributed by atoms with Gasteiger partial charge in [0, 0.05) is 17.0 Å². The molecule has 0 aromatic carbocycles. The molecule has 0 spiro atoms. The first-order chi connectivity index (χ1) is 13.0. The number of aromatic nitrogens is 1. The molecule has 2 heterocycles. The van der Waals surface area contributed by atoms with E-state index < -0.39 is 24.5 Å². The Morgan fingerprint density at radius 2 is 2.00 bits per heavy atom. The highest BCUT2D eigenvalue weighted by Crippen LogP contribution is 2.38. The standard InChI is InChI=1S/C18H18N2O6S/c1-25-18(23)15-11-6-2-3-8-13(11)27-16(15)19-14(21)10-26-17(22)12-7-4-5-9-20(12)24/h4-5,7,9H,2-3,6,8,10H2,1H3,(H,19,21). The van der Waals surface area contributed by atoms with Gasteiger partial charge in [-0.1, -0.05) is 0 Å². The van der Waals surface area contributed by atoms with Crippen LogP contribution in [-0.4, -0.2) is 31.6 Å². The molecule has 0 unspecified atom stereocenters. The molecule has 1 aliphatic rings. The van der Waals surface area contributed by atoms with Gasteiger partial charge < -0.3 is 20.0 Å². The molecule has 0 fully saturated rings. The van der Waals surface area contributed by atoms with Crippen molar-refractivity contribution in [1.82, 2.24) is 0 Å². The lowest BCUT2D eigenvalue weighted by molar-refractivity contribution is -0.608. The second-order valence-corrected chi connectivity index (χ2v) is 7.05. The minimum atomic E-state index is -0.903. The summed E-state index contributed by atoms with van der Waals surface area (Å²) < 4.78 is 10.1. The number of hydrogen-bond acceptors (Lipinski definition) is 7. The lowest BCUT2D eigenvalue weighted by Crippen LogP contribution is -2.35. The summed E-state index contributed by atoms with van der Waals surface area (Å²) in [4.78, 5) is 37.3. The number of carbonyl (C=O) groups excluding carboxylic acids is 3.